The van der Waals surface area contributed by atoms with E-state index in [0.29, 0.717) is 13.0 Å². The molecule has 0 radical (unpaired) electrons. The first-order chi connectivity index (χ1) is 9.24. The highest BCUT2D eigenvalue weighted by molar-refractivity contribution is 7.18. The molecule has 1 fully saturated rings. The average Bonchev–Trinajstić information content (AvgIpc) is 3.09. The number of hydrogen-bond acceptors (Lipinski definition) is 4. The SMILES string of the molecule is O=C(O)C1CCN(c2ncc(-c3ccccc3)s2)C1. The van der Waals surface area contributed by atoms with Crippen LogP contribution in [0.5, 0.6) is 0 Å². The lowest BCUT2D eigenvalue weighted by Crippen LogP contribution is -2.22. The van der Waals surface area contributed by atoms with Crippen LogP contribution in [0.2, 0.25) is 0 Å². The number of rotatable bonds is 3. The number of benzene rings is 1. The Hall–Kier alpha value is -1.88. The summed E-state index contributed by atoms with van der Waals surface area (Å²) in [6, 6.07) is 10.1. The standard InChI is InChI=1S/C14H14N2O2S/c17-13(18)11-6-7-16(9-11)14-15-8-12(19-14)10-4-2-1-3-5-10/h1-5,8,11H,6-7,9H2,(H,17,18). The van der Waals surface area contributed by atoms with Crippen LogP contribution in [0, 0.1) is 5.92 Å². The quantitative estimate of drug-likeness (QED) is 0.935. The summed E-state index contributed by atoms with van der Waals surface area (Å²) >= 11 is 1.62. The van der Waals surface area contributed by atoms with Gasteiger partial charge in [0, 0.05) is 19.3 Å². The summed E-state index contributed by atoms with van der Waals surface area (Å²) in [5.41, 5.74) is 1.15. The minimum atomic E-state index is -0.706. The Morgan fingerprint density at radius 2 is 2.16 bits per heavy atom. The van der Waals surface area contributed by atoms with Gasteiger partial charge < -0.3 is 10.0 Å². The van der Waals surface area contributed by atoms with E-state index >= 15 is 0 Å². The van der Waals surface area contributed by atoms with Gasteiger partial charge in [0.2, 0.25) is 0 Å². The van der Waals surface area contributed by atoms with E-state index in [-0.39, 0.29) is 5.92 Å². The highest BCUT2D eigenvalue weighted by Gasteiger charge is 2.29. The zero-order valence-electron chi connectivity index (χ0n) is 10.3. The van der Waals surface area contributed by atoms with Crippen LogP contribution < -0.4 is 4.90 Å². The Morgan fingerprint density at radius 3 is 2.84 bits per heavy atom. The van der Waals surface area contributed by atoms with Crippen molar-refractivity contribution in [2.45, 2.75) is 6.42 Å². The van der Waals surface area contributed by atoms with Crippen LogP contribution >= 0.6 is 11.3 Å². The van der Waals surface area contributed by atoms with Crippen molar-refractivity contribution in [3.05, 3.63) is 36.5 Å². The summed E-state index contributed by atoms with van der Waals surface area (Å²) < 4.78 is 0. The third-order valence-corrected chi connectivity index (χ3v) is 4.47. The molecule has 1 aromatic heterocycles. The van der Waals surface area contributed by atoms with Gasteiger partial charge in [-0.2, -0.15) is 0 Å². The lowest BCUT2D eigenvalue weighted by atomic mass is 10.1. The van der Waals surface area contributed by atoms with Crippen molar-refractivity contribution in [1.29, 1.82) is 0 Å². The van der Waals surface area contributed by atoms with Crippen molar-refractivity contribution < 1.29 is 9.90 Å². The van der Waals surface area contributed by atoms with E-state index in [1.807, 2.05) is 24.4 Å². The Kier molecular flexibility index (Phi) is 3.21. The van der Waals surface area contributed by atoms with Gasteiger partial charge >= 0.3 is 5.97 Å². The van der Waals surface area contributed by atoms with Crippen molar-refractivity contribution in [1.82, 2.24) is 4.98 Å². The van der Waals surface area contributed by atoms with Crippen molar-refractivity contribution in [3.63, 3.8) is 0 Å². The number of aromatic nitrogens is 1. The third-order valence-electron chi connectivity index (χ3n) is 3.36. The van der Waals surface area contributed by atoms with Gasteiger partial charge in [-0.05, 0) is 12.0 Å². The minimum absolute atomic E-state index is 0.260. The van der Waals surface area contributed by atoms with Crippen molar-refractivity contribution in [2.75, 3.05) is 18.0 Å². The average molecular weight is 274 g/mol. The first-order valence-corrected chi connectivity index (χ1v) is 7.04. The monoisotopic (exact) mass is 274 g/mol. The van der Waals surface area contributed by atoms with E-state index in [9.17, 15) is 4.79 Å². The van der Waals surface area contributed by atoms with Gasteiger partial charge in [0.05, 0.1) is 10.8 Å². The zero-order valence-corrected chi connectivity index (χ0v) is 11.1. The number of thiazole rings is 1. The minimum Gasteiger partial charge on any atom is -0.481 e. The molecule has 1 N–H and O–H groups in total. The Morgan fingerprint density at radius 1 is 1.37 bits per heavy atom. The molecule has 3 rings (SSSR count). The summed E-state index contributed by atoms with van der Waals surface area (Å²) in [4.78, 5) is 18.6. The van der Waals surface area contributed by atoms with Crippen LogP contribution in [0.1, 0.15) is 6.42 Å². The topological polar surface area (TPSA) is 53.4 Å². The van der Waals surface area contributed by atoms with E-state index in [1.165, 1.54) is 0 Å². The fourth-order valence-corrected chi connectivity index (χ4v) is 3.24. The molecule has 0 saturated carbocycles. The van der Waals surface area contributed by atoms with Crippen molar-refractivity contribution in [3.8, 4) is 10.4 Å². The summed E-state index contributed by atoms with van der Waals surface area (Å²) in [5, 5.41) is 9.94. The maximum Gasteiger partial charge on any atom is 0.308 e. The number of carboxylic acid groups (broad SMARTS) is 1. The third kappa shape index (κ3) is 2.46. The molecule has 0 spiro atoms. The number of nitrogens with zero attached hydrogens (tertiary/aromatic N) is 2. The number of carboxylic acids is 1. The number of aliphatic carboxylic acids is 1. The summed E-state index contributed by atoms with van der Waals surface area (Å²) in [6.45, 7) is 1.34. The van der Waals surface area contributed by atoms with Gasteiger partial charge in [-0.3, -0.25) is 4.79 Å². The molecule has 0 aliphatic carbocycles. The second-order valence-electron chi connectivity index (χ2n) is 4.64. The molecule has 2 aromatic rings. The summed E-state index contributed by atoms with van der Waals surface area (Å²) in [6.07, 6.45) is 2.57. The maximum atomic E-state index is 11.0. The van der Waals surface area contributed by atoms with Gasteiger partial charge in [0.1, 0.15) is 0 Å². The van der Waals surface area contributed by atoms with E-state index in [1.54, 1.807) is 11.3 Å². The van der Waals surface area contributed by atoms with Gasteiger partial charge in [-0.25, -0.2) is 4.98 Å². The lowest BCUT2D eigenvalue weighted by molar-refractivity contribution is -0.140. The normalized spacial score (nSPS) is 18.7. The number of anilines is 1. The molecule has 0 bridgehead atoms. The first-order valence-electron chi connectivity index (χ1n) is 6.23. The van der Waals surface area contributed by atoms with Gasteiger partial charge in [0.25, 0.3) is 0 Å². The molecule has 1 aliphatic rings. The molecule has 19 heavy (non-hydrogen) atoms. The van der Waals surface area contributed by atoms with Gasteiger partial charge in [0.15, 0.2) is 5.13 Å². The molecule has 1 aliphatic heterocycles. The molecular weight excluding hydrogens is 260 g/mol. The predicted molar refractivity (Wildman–Crippen MR) is 75.5 cm³/mol. The van der Waals surface area contributed by atoms with E-state index in [2.05, 4.69) is 22.0 Å². The van der Waals surface area contributed by atoms with Crippen LogP contribution in [0.25, 0.3) is 10.4 Å². The highest BCUT2D eigenvalue weighted by Crippen LogP contribution is 2.33. The van der Waals surface area contributed by atoms with Gasteiger partial charge in [-0.15, -0.1) is 0 Å². The zero-order chi connectivity index (χ0) is 13.2. The van der Waals surface area contributed by atoms with Crippen LogP contribution in [0.3, 0.4) is 0 Å². The fourth-order valence-electron chi connectivity index (χ4n) is 2.28. The van der Waals surface area contributed by atoms with Crippen molar-refractivity contribution in [2.24, 2.45) is 5.92 Å². The van der Waals surface area contributed by atoms with Crippen LogP contribution in [-0.4, -0.2) is 29.1 Å². The highest BCUT2D eigenvalue weighted by atomic mass is 32.1. The number of carbonyl (C=O) groups is 1. The molecule has 1 saturated heterocycles. The molecule has 1 unspecified atom stereocenters. The molecule has 1 atom stereocenters. The smallest absolute Gasteiger partial charge is 0.308 e. The lowest BCUT2D eigenvalue weighted by Gasteiger charge is -2.13. The molecule has 2 heterocycles. The fraction of sp³-hybridized carbons (Fsp3) is 0.286. The van der Waals surface area contributed by atoms with Crippen LogP contribution in [0.15, 0.2) is 36.5 Å². The predicted octanol–water partition coefficient (Wildman–Crippen LogP) is 2.72. The van der Waals surface area contributed by atoms with E-state index in [4.69, 9.17) is 5.11 Å². The molecule has 5 heteroatoms. The van der Waals surface area contributed by atoms with Crippen LogP contribution in [0.4, 0.5) is 5.13 Å². The Bertz CT molecular complexity index is 582. The molecular formula is C14H14N2O2S. The van der Waals surface area contributed by atoms with E-state index < -0.39 is 5.97 Å². The second-order valence-corrected chi connectivity index (χ2v) is 5.65. The molecule has 1 aromatic carbocycles. The molecule has 4 nitrogen and oxygen atoms in total. The largest absolute Gasteiger partial charge is 0.481 e. The van der Waals surface area contributed by atoms with Gasteiger partial charge in [-0.1, -0.05) is 41.7 Å². The van der Waals surface area contributed by atoms with Crippen molar-refractivity contribution >= 4 is 22.4 Å². The summed E-state index contributed by atoms with van der Waals surface area (Å²) in [5.74, 6) is -0.966. The second kappa shape index (κ2) is 5.01. The molecule has 98 valence electrons. The first kappa shape index (κ1) is 12.2. The molecule has 0 amide bonds. The maximum absolute atomic E-state index is 11.0. The summed E-state index contributed by atoms with van der Waals surface area (Å²) in [7, 11) is 0. The number of hydrogen-bond donors (Lipinski definition) is 1. The Balaban J connectivity index is 1.78. The Labute approximate surface area is 115 Å². The van der Waals surface area contributed by atoms with E-state index in [0.717, 1.165) is 22.1 Å². The van der Waals surface area contributed by atoms with Crippen LogP contribution in [-0.2, 0) is 4.79 Å².